The van der Waals surface area contributed by atoms with Gasteiger partial charge in [-0.25, -0.2) is 9.98 Å². The maximum Gasteiger partial charge on any atom is 0.161 e. The van der Waals surface area contributed by atoms with Crippen LogP contribution in [0.2, 0.25) is 5.02 Å². The third kappa shape index (κ3) is 6.98. The Balaban J connectivity index is 1.05. The fourth-order valence-corrected chi connectivity index (χ4v) is 9.25. The van der Waals surface area contributed by atoms with E-state index in [0.29, 0.717) is 23.2 Å². The summed E-state index contributed by atoms with van der Waals surface area (Å²) in [6.07, 6.45) is 0. The molecule has 1 aliphatic rings. The van der Waals surface area contributed by atoms with Crippen LogP contribution in [-0.2, 0) is 6.54 Å². The molecule has 0 radical (unpaired) electrons. The minimum absolute atomic E-state index is 0.398. The average Bonchev–Trinajstić information content (AvgIpc) is 3.63. The number of fused-ring (bicyclic) bond motifs is 8. The topological polar surface area (TPSA) is 45.2 Å². The number of amidine groups is 2. The molecule has 1 aromatic heterocycles. The Morgan fingerprint density at radius 2 is 1.02 bits per heavy atom. The van der Waals surface area contributed by atoms with Gasteiger partial charge in [-0.15, -0.1) is 0 Å². The molecule has 0 spiro atoms. The van der Waals surface area contributed by atoms with Crippen LogP contribution in [0.5, 0.6) is 0 Å². The molecular weight excluding hydrogens is 802 g/mol. The molecule has 2 heterocycles. The lowest BCUT2D eigenvalue weighted by atomic mass is 9.92. The highest BCUT2D eigenvalue weighted by Gasteiger charge is 2.28. The van der Waals surface area contributed by atoms with E-state index in [1.54, 1.807) is 0 Å². The van der Waals surface area contributed by atoms with E-state index < -0.39 is 0 Å². The first-order chi connectivity index (χ1) is 31.6. The molecule has 6 heteroatoms. The molecule has 0 bridgehead atoms. The van der Waals surface area contributed by atoms with E-state index in [-0.39, 0.29) is 0 Å². The Kier molecular flexibility index (Phi) is 10.1. The van der Waals surface area contributed by atoms with Gasteiger partial charge in [-0.05, 0) is 101 Å². The predicted molar refractivity (Wildman–Crippen MR) is 270 cm³/mol. The number of halogens is 1. The second-order valence-corrected chi connectivity index (χ2v) is 16.2. The molecule has 0 saturated carbocycles. The van der Waals surface area contributed by atoms with Gasteiger partial charge in [0.15, 0.2) is 11.7 Å². The quantitative estimate of drug-likeness (QED) is 0.116. The molecule has 0 aliphatic carbocycles. The summed E-state index contributed by atoms with van der Waals surface area (Å²) in [5.74, 6) is 1.10. The fourth-order valence-electron chi connectivity index (χ4n) is 9.02. The van der Waals surface area contributed by atoms with Crippen molar-refractivity contribution < 1.29 is 0 Å². The highest BCUT2D eigenvalue weighted by atomic mass is 35.5. The molecule has 10 aromatic rings. The van der Waals surface area contributed by atoms with E-state index in [4.69, 9.17) is 21.6 Å². The Morgan fingerprint density at radius 3 is 1.73 bits per heavy atom. The molecule has 0 atom stereocenters. The molecule has 0 unspecified atom stereocenters. The van der Waals surface area contributed by atoms with Crippen LogP contribution >= 0.6 is 11.6 Å². The number of para-hydroxylation sites is 3. The number of benzene rings is 9. The standard InChI is InChI=1S/C58H40ClN5/c1-60-57(40-17-5-2-6-18-40)62-58(41-19-7-3-8-20-41)61-38-39-29-32-54-48(35-39)45-23-11-12-24-46(45)49-36-42(31-34-55(49)64(54)56-28-16-14-26-51(56)59)43-30-33-53-50(37-43)47-25-13-15-27-52(47)63(53)44-21-9-4-10-22-44/h2-37H,1,38H2/b61-58-,62-57-. The Labute approximate surface area is 377 Å². The zero-order valence-electron chi connectivity index (χ0n) is 34.8. The third-order valence-electron chi connectivity index (χ3n) is 12.0. The van der Waals surface area contributed by atoms with Gasteiger partial charge in [0.25, 0.3) is 0 Å². The van der Waals surface area contributed by atoms with Gasteiger partial charge < -0.3 is 9.47 Å². The molecule has 5 nitrogen and oxygen atoms in total. The fraction of sp³-hybridized carbons (Fsp3) is 0.0172. The van der Waals surface area contributed by atoms with Crippen molar-refractivity contribution in [1.82, 2.24) is 4.57 Å². The number of nitrogens with zero attached hydrogens (tertiary/aromatic N) is 5. The highest BCUT2D eigenvalue weighted by Crippen LogP contribution is 2.53. The lowest BCUT2D eigenvalue weighted by Gasteiger charge is -2.28. The summed E-state index contributed by atoms with van der Waals surface area (Å²) in [6, 6.07) is 76.3. The van der Waals surface area contributed by atoms with Crippen molar-refractivity contribution in [3.63, 3.8) is 0 Å². The summed E-state index contributed by atoms with van der Waals surface area (Å²) in [7, 11) is 0. The number of hydrogen-bond donors (Lipinski definition) is 0. The SMILES string of the molecule is C=N/C(=N\C(=N/Cc1ccc2c(c1)-c1ccccc1-c1cc(-c3ccc4c(c3)c3ccccc3n4-c3ccccc3)ccc1N2c1ccccc1Cl)c1ccccc1)c1ccccc1. The Bertz CT molecular complexity index is 3440. The molecule has 11 rings (SSSR count). The minimum Gasteiger partial charge on any atom is -0.309 e. The molecule has 0 fully saturated rings. The number of aliphatic imine (C=N–C) groups is 3. The van der Waals surface area contributed by atoms with Gasteiger partial charge in [0.05, 0.1) is 39.7 Å². The van der Waals surface area contributed by atoms with Crippen molar-refractivity contribution in [2.45, 2.75) is 6.54 Å². The van der Waals surface area contributed by atoms with Crippen molar-refractivity contribution >= 4 is 68.9 Å². The van der Waals surface area contributed by atoms with E-state index in [1.807, 2.05) is 78.9 Å². The number of hydrogen-bond acceptors (Lipinski definition) is 2. The van der Waals surface area contributed by atoms with Crippen LogP contribution in [0.25, 0.3) is 60.9 Å². The van der Waals surface area contributed by atoms with E-state index >= 15 is 0 Å². The average molecular weight is 842 g/mol. The Morgan fingerprint density at radius 1 is 0.453 bits per heavy atom. The molecule has 64 heavy (non-hydrogen) atoms. The van der Waals surface area contributed by atoms with Gasteiger partial charge >= 0.3 is 0 Å². The van der Waals surface area contributed by atoms with Gasteiger partial charge in [-0.2, -0.15) is 0 Å². The summed E-state index contributed by atoms with van der Waals surface area (Å²) >= 11 is 7.12. The van der Waals surface area contributed by atoms with E-state index in [2.05, 4.69) is 161 Å². The van der Waals surface area contributed by atoms with Crippen LogP contribution in [0.15, 0.2) is 233 Å². The van der Waals surface area contributed by atoms with Gasteiger partial charge in [0, 0.05) is 38.7 Å². The largest absolute Gasteiger partial charge is 0.309 e. The van der Waals surface area contributed by atoms with Crippen LogP contribution in [-0.4, -0.2) is 23.0 Å². The summed E-state index contributed by atoms with van der Waals surface area (Å²) in [4.78, 5) is 16.7. The lowest BCUT2D eigenvalue weighted by molar-refractivity contribution is 1.06. The Hall–Kier alpha value is -8.12. The van der Waals surface area contributed by atoms with Gasteiger partial charge in [-0.3, -0.25) is 4.99 Å². The first kappa shape index (κ1) is 38.8. The monoisotopic (exact) mass is 841 g/mol. The molecule has 1 aliphatic heterocycles. The first-order valence-electron chi connectivity index (χ1n) is 21.3. The predicted octanol–water partition coefficient (Wildman–Crippen LogP) is 15.3. The lowest BCUT2D eigenvalue weighted by Crippen LogP contribution is -2.11. The van der Waals surface area contributed by atoms with Gasteiger partial charge in [0.2, 0.25) is 0 Å². The van der Waals surface area contributed by atoms with E-state index in [1.165, 1.54) is 21.8 Å². The van der Waals surface area contributed by atoms with E-state index in [9.17, 15) is 0 Å². The maximum absolute atomic E-state index is 7.12. The summed E-state index contributed by atoms with van der Waals surface area (Å²) in [5.41, 5.74) is 16.0. The van der Waals surface area contributed by atoms with Crippen molar-refractivity contribution in [1.29, 1.82) is 0 Å². The zero-order valence-corrected chi connectivity index (χ0v) is 35.6. The number of aromatic nitrogens is 1. The summed E-state index contributed by atoms with van der Waals surface area (Å²) in [5, 5.41) is 3.10. The summed E-state index contributed by atoms with van der Waals surface area (Å²) < 4.78 is 2.36. The minimum atomic E-state index is 0.398. The molecule has 0 amide bonds. The first-order valence-corrected chi connectivity index (χ1v) is 21.7. The molecule has 0 saturated heterocycles. The van der Waals surface area contributed by atoms with Crippen LogP contribution in [0.4, 0.5) is 17.1 Å². The normalized spacial score (nSPS) is 12.4. The van der Waals surface area contributed by atoms with E-state index in [0.717, 1.165) is 72.8 Å². The molecular formula is C58H40ClN5. The third-order valence-corrected chi connectivity index (χ3v) is 12.3. The number of rotatable bonds is 7. The van der Waals surface area contributed by atoms with Crippen molar-refractivity contribution in [2.75, 3.05) is 4.90 Å². The van der Waals surface area contributed by atoms with Crippen molar-refractivity contribution in [3.05, 3.63) is 240 Å². The van der Waals surface area contributed by atoms with Crippen molar-refractivity contribution in [2.24, 2.45) is 15.0 Å². The second-order valence-electron chi connectivity index (χ2n) is 15.8. The smallest absolute Gasteiger partial charge is 0.161 e. The van der Waals surface area contributed by atoms with Crippen LogP contribution in [0.1, 0.15) is 16.7 Å². The molecule has 0 N–H and O–H groups in total. The van der Waals surface area contributed by atoms with Gasteiger partial charge in [-0.1, -0.05) is 163 Å². The molecule has 9 aromatic carbocycles. The van der Waals surface area contributed by atoms with Crippen LogP contribution in [0.3, 0.4) is 0 Å². The van der Waals surface area contributed by atoms with Crippen LogP contribution in [0, 0.1) is 0 Å². The molecule has 304 valence electrons. The zero-order chi connectivity index (χ0) is 43.0. The second kappa shape index (κ2) is 16.6. The highest BCUT2D eigenvalue weighted by molar-refractivity contribution is 6.33. The number of anilines is 3. The van der Waals surface area contributed by atoms with Gasteiger partial charge in [0.1, 0.15) is 0 Å². The van der Waals surface area contributed by atoms with Crippen molar-refractivity contribution in [3.8, 4) is 39.1 Å². The maximum atomic E-state index is 7.12. The summed E-state index contributed by atoms with van der Waals surface area (Å²) in [6.45, 7) is 4.24. The van der Waals surface area contributed by atoms with Crippen LogP contribution < -0.4 is 4.90 Å².